The first-order valence-corrected chi connectivity index (χ1v) is 8.36. The minimum Gasteiger partial charge on any atom is -0.378 e. The maximum atomic E-state index is 2.32. The van der Waals surface area contributed by atoms with Crippen LogP contribution < -0.4 is 9.80 Å². The van der Waals surface area contributed by atoms with Crippen LogP contribution in [0.4, 0.5) is 17.1 Å². The average molecular weight is 314 g/mol. The number of rotatable bonds is 3. The zero-order valence-electron chi connectivity index (χ0n) is 14.5. The Bertz CT molecular complexity index is 882. The van der Waals surface area contributed by atoms with Crippen LogP contribution in [0, 0.1) is 0 Å². The van der Waals surface area contributed by atoms with Crippen LogP contribution in [-0.4, -0.2) is 21.1 Å². The van der Waals surface area contributed by atoms with Crippen molar-refractivity contribution in [3.05, 3.63) is 77.9 Å². The largest absolute Gasteiger partial charge is 0.378 e. The number of nitrogens with zero attached hydrogens (tertiary/aromatic N) is 2. The molecule has 0 N–H and O–H groups in total. The summed E-state index contributed by atoms with van der Waals surface area (Å²) in [6.45, 7) is 0. The molecule has 1 aliphatic carbocycles. The number of hydrogen-bond acceptors (Lipinski definition) is 2. The summed E-state index contributed by atoms with van der Waals surface area (Å²) in [5, 5.41) is 0. The molecule has 0 fully saturated rings. The van der Waals surface area contributed by atoms with E-state index in [1.165, 1.54) is 39.3 Å². The van der Waals surface area contributed by atoms with Crippen molar-refractivity contribution in [1.82, 2.24) is 0 Å². The molecule has 0 aliphatic heterocycles. The van der Waals surface area contributed by atoms with Crippen molar-refractivity contribution in [2.75, 3.05) is 30.9 Å². The third-order valence-electron chi connectivity index (χ3n) is 4.90. The van der Waals surface area contributed by atoms with Crippen molar-refractivity contribution in [3.63, 3.8) is 0 Å². The molecule has 3 aromatic carbocycles. The molecule has 3 aromatic rings. The molecule has 0 spiro atoms. The molecule has 0 radical (unpaired) electrons. The Morgan fingerprint density at radius 2 is 1.38 bits per heavy atom. The minimum atomic E-state index is 1.03. The van der Waals surface area contributed by atoms with Crippen molar-refractivity contribution in [3.8, 4) is 11.1 Å². The first-order chi connectivity index (χ1) is 11.6. The Hall–Kier alpha value is -2.74. The lowest BCUT2D eigenvalue weighted by Gasteiger charge is -2.20. The van der Waals surface area contributed by atoms with Crippen LogP contribution in [0.25, 0.3) is 11.1 Å². The highest BCUT2D eigenvalue weighted by atomic mass is 15.1. The second kappa shape index (κ2) is 5.72. The summed E-state index contributed by atoms with van der Waals surface area (Å²) in [7, 11) is 6.32. The molecule has 0 heterocycles. The normalized spacial score (nSPS) is 11.8. The maximum absolute atomic E-state index is 2.32. The Labute approximate surface area is 144 Å². The molecule has 0 atom stereocenters. The van der Waals surface area contributed by atoms with E-state index in [4.69, 9.17) is 0 Å². The third kappa shape index (κ3) is 2.44. The fourth-order valence-electron chi connectivity index (χ4n) is 3.45. The number of anilines is 3. The van der Waals surface area contributed by atoms with E-state index in [0.717, 1.165) is 6.42 Å². The van der Waals surface area contributed by atoms with Gasteiger partial charge in [-0.25, -0.2) is 0 Å². The zero-order valence-corrected chi connectivity index (χ0v) is 14.5. The molecule has 0 aromatic heterocycles. The van der Waals surface area contributed by atoms with Gasteiger partial charge in [-0.3, -0.25) is 0 Å². The predicted octanol–water partition coefficient (Wildman–Crippen LogP) is 5.09. The fraction of sp³-hybridized carbons (Fsp3) is 0.182. The average Bonchev–Trinajstić information content (AvgIpc) is 2.98. The smallest absolute Gasteiger partial charge is 0.0414 e. The lowest BCUT2D eigenvalue weighted by molar-refractivity contribution is 1.12. The van der Waals surface area contributed by atoms with Gasteiger partial charge in [0.15, 0.2) is 0 Å². The van der Waals surface area contributed by atoms with Gasteiger partial charge < -0.3 is 9.80 Å². The molecule has 120 valence electrons. The summed E-state index contributed by atoms with van der Waals surface area (Å²) in [6, 6.07) is 24.1. The molecule has 0 saturated carbocycles. The van der Waals surface area contributed by atoms with E-state index in [1.807, 2.05) is 0 Å². The van der Waals surface area contributed by atoms with Gasteiger partial charge in [0.2, 0.25) is 0 Å². The van der Waals surface area contributed by atoms with Gasteiger partial charge in [-0.15, -0.1) is 0 Å². The molecule has 2 heteroatoms. The van der Waals surface area contributed by atoms with Crippen molar-refractivity contribution < 1.29 is 0 Å². The molecule has 2 nitrogen and oxygen atoms in total. The molecule has 24 heavy (non-hydrogen) atoms. The van der Waals surface area contributed by atoms with E-state index in [9.17, 15) is 0 Å². The van der Waals surface area contributed by atoms with Crippen LogP contribution in [0.5, 0.6) is 0 Å². The quantitative estimate of drug-likeness (QED) is 0.519. The van der Waals surface area contributed by atoms with Gasteiger partial charge in [0, 0.05) is 38.2 Å². The van der Waals surface area contributed by atoms with Crippen LogP contribution >= 0.6 is 0 Å². The summed E-state index contributed by atoms with van der Waals surface area (Å²) in [6.07, 6.45) is 1.03. The zero-order chi connectivity index (χ0) is 16.7. The Morgan fingerprint density at radius 1 is 0.625 bits per heavy atom. The SMILES string of the molecule is CN(C)c1ccc2c(c1)Cc1ccc(N(C)c3ccccc3)cc1-2. The van der Waals surface area contributed by atoms with E-state index >= 15 is 0 Å². The Kier molecular flexibility index (Phi) is 3.53. The van der Waals surface area contributed by atoms with Gasteiger partial charge in [-0.05, 0) is 65.1 Å². The van der Waals surface area contributed by atoms with Crippen LogP contribution in [0.2, 0.25) is 0 Å². The molecule has 1 aliphatic rings. The Balaban J connectivity index is 1.73. The van der Waals surface area contributed by atoms with Crippen molar-refractivity contribution >= 4 is 17.1 Å². The van der Waals surface area contributed by atoms with Gasteiger partial charge in [0.25, 0.3) is 0 Å². The predicted molar refractivity (Wildman–Crippen MR) is 104 cm³/mol. The van der Waals surface area contributed by atoms with Gasteiger partial charge in [0.1, 0.15) is 0 Å². The topological polar surface area (TPSA) is 6.48 Å². The second-order valence-electron chi connectivity index (χ2n) is 6.65. The number of benzene rings is 3. The van der Waals surface area contributed by atoms with Crippen LogP contribution in [-0.2, 0) is 6.42 Å². The molecule has 4 rings (SSSR count). The van der Waals surface area contributed by atoms with Gasteiger partial charge >= 0.3 is 0 Å². The first-order valence-electron chi connectivity index (χ1n) is 8.36. The van der Waals surface area contributed by atoms with E-state index in [1.54, 1.807) is 0 Å². The molecular weight excluding hydrogens is 292 g/mol. The Morgan fingerprint density at radius 3 is 2.12 bits per heavy atom. The third-order valence-corrected chi connectivity index (χ3v) is 4.90. The number of hydrogen-bond donors (Lipinski definition) is 0. The maximum Gasteiger partial charge on any atom is 0.0414 e. The lowest BCUT2D eigenvalue weighted by Crippen LogP contribution is -2.09. The van der Waals surface area contributed by atoms with E-state index in [2.05, 4.69) is 97.7 Å². The number of fused-ring (bicyclic) bond motifs is 3. The highest BCUT2D eigenvalue weighted by Crippen LogP contribution is 2.40. The van der Waals surface area contributed by atoms with Gasteiger partial charge in [0.05, 0.1) is 0 Å². The lowest BCUT2D eigenvalue weighted by atomic mass is 10.0. The second-order valence-corrected chi connectivity index (χ2v) is 6.65. The van der Waals surface area contributed by atoms with Gasteiger partial charge in [-0.1, -0.05) is 30.3 Å². The summed E-state index contributed by atoms with van der Waals surface area (Å²) in [4.78, 5) is 4.41. The van der Waals surface area contributed by atoms with Crippen LogP contribution in [0.3, 0.4) is 0 Å². The summed E-state index contributed by atoms with van der Waals surface area (Å²) >= 11 is 0. The summed E-state index contributed by atoms with van der Waals surface area (Å²) < 4.78 is 0. The first kappa shape index (κ1) is 14.8. The molecule has 0 unspecified atom stereocenters. The molecule has 0 amide bonds. The van der Waals surface area contributed by atoms with Crippen molar-refractivity contribution in [2.24, 2.45) is 0 Å². The summed E-state index contributed by atoms with van der Waals surface area (Å²) in [5.41, 5.74) is 9.29. The van der Waals surface area contributed by atoms with Crippen molar-refractivity contribution in [1.29, 1.82) is 0 Å². The standard InChI is InChI=1S/C22H22N2/c1-23(2)19-11-12-21-17(14-19)13-16-9-10-20(15-22(16)21)24(3)18-7-5-4-6-8-18/h4-12,14-15H,13H2,1-3H3. The molecule has 0 bridgehead atoms. The van der Waals surface area contributed by atoms with E-state index in [0.29, 0.717) is 0 Å². The van der Waals surface area contributed by atoms with E-state index in [-0.39, 0.29) is 0 Å². The van der Waals surface area contributed by atoms with Crippen LogP contribution in [0.1, 0.15) is 11.1 Å². The molecular formula is C22H22N2. The van der Waals surface area contributed by atoms with Crippen LogP contribution in [0.15, 0.2) is 66.7 Å². The fourth-order valence-corrected chi connectivity index (χ4v) is 3.45. The van der Waals surface area contributed by atoms with E-state index < -0.39 is 0 Å². The van der Waals surface area contributed by atoms with Crippen molar-refractivity contribution in [2.45, 2.75) is 6.42 Å². The molecule has 0 saturated heterocycles. The highest BCUT2D eigenvalue weighted by Gasteiger charge is 2.20. The highest BCUT2D eigenvalue weighted by molar-refractivity contribution is 5.82. The minimum absolute atomic E-state index is 1.03. The monoisotopic (exact) mass is 314 g/mol. The number of para-hydroxylation sites is 1. The van der Waals surface area contributed by atoms with Gasteiger partial charge in [-0.2, -0.15) is 0 Å². The summed E-state index contributed by atoms with van der Waals surface area (Å²) in [5.74, 6) is 0.